The first-order valence-corrected chi connectivity index (χ1v) is 17.5. The van der Waals surface area contributed by atoms with Crippen LogP contribution in [-0.4, -0.2) is 46.6 Å². The summed E-state index contributed by atoms with van der Waals surface area (Å²) in [6, 6.07) is 25.4. The van der Waals surface area contributed by atoms with Crippen LogP contribution in [0, 0.1) is 0 Å². The summed E-state index contributed by atoms with van der Waals surface area (Å²) < 4.78 is 128. The Labute approximate surface area is 248 Å². The van der Waals surface area contributed by atoms with Crippen molar-refractivity contribution in [3.05, 3.63) is 121 Å². The Kier molecular flexibility index (Phi) is 10.1. The van der Waals surface area contributed by atoms with E-state index in [0.29, 0.717) is 0 Å². The van der Waals surface area contributed by atoms with Gasteiger partial charge in [0.25, 0.3) is 0 Å². The van der Waals surface area contributed by atoms with E-state index in [1.54, 1.807) is 0 Å². The second-order valence-electron chi connectivity index (χ2n) is 8.17. The van der Waals surface area contributed by atoms with E-state index in [0.717, 1.165) is 48.5 Å². The summed E-state index contributed by atoms with van der Waals surface area (Å²) in [7, 11) is -19.5. The molecule has 0 aromatic heterocycles. The van der Waals surface area contributed by atoms with E-state index in [1.807, 2.05) is 0 Å². The maximum Gasteiger partial charge on any atom is 0.306 e. The van der Waals surface area contributed by atoms with E-state index in [4.69, 9.17) is 21.5 Å². The second kappa shape index (κ2) is 13.4. The van der Waals surface area contributed by atoms with Gasteiger partial charge in [-0.2, -0.15) is 33.7 Å². The summed E-state index contributed by atoms with van der Waals surface area (Å²) in [6.45, 7) is -5.73. The lowest BCUT2D eigenvalue weighted by Gasteiger charge is -2.23. The second-order valence-corrected chi connectivity index (χ2v) is 14.5. The first-order valence-electron chi connectivity index (χ1n) is 11.9. The minimum Gasteiger partial charge on any atom is -0.271 e. The largest absolute Gasteiger partial charge is 0.306 e. The van der Waals surface area contributed by atoms with Crippen LogP contribution in [0.2, 0.25) is 0 Å². The van der Waals surface area contributed by atoms with Gasteiger partial charge >= 0.3 is 53.4 Å². The molecule has 13 nitrogen and oxygen atoms in total. The van der Waals surface area contributed by atoms with Crippen LogP contribution in [0.1, 0.15) is 0 Å². The van der Waals surface area contributed by atoms with Gasteiger partial charge in [-0.1, -0.05) is 72.8 Å². The molecule has 4 rings (SSSR count). The molecule has 0 aliphatic rings. The van der Waals surface area contributed by atoms with Crippen LogP contribution in [-0.2, 0) is 61.9 Å². The molecule has 0 unspecified atom stereocenters. The molecule has 0 heterocycles. The van der Waals surface area contributed by atoms with Crippen LogP contribution >= 0.6 is 0 Å². The van der Waals surface area contributed by atoms with Gasteiger partial charge in [-0.3, -0.25) is 4.74 Å². The Morgan fingerprint density at radius 2 is 0.512 bits per heavy atom. The smallest absolute Gasteiger partial charge is 0.271 e. The zero-order chi connectivity index (χ0) is 31.1. The fourth-order valence-corrected chi connectivity index (χ4v) is 6.87. The average Bonchev–Trinajstić information content (AvgIpc) is 2.98. The van der Waals surface area contributed by atoms with Gasteiger partial charge in [0.05, 0.1) is 19.6 Å². The third-order valence-corrected chi connectivity index (χ3v) is 10.2. The fourth-order valence-electron chi connectivity index (χ4n) is 3.20. The van der Waals surface area contributed by atoms with Crippen molar-refractivity contribution in [2.45, 2.75) is 32.5 Å². The summed E-state index contributed by atoms with van der Waals surface area (Å²) >= 11 is 0. The van der Waals surface area contributed by atoms with Gasteiger partial charge in [-0.15, -0.1) is 0 Å². The minimum atomic E-state index is -4.88. The maximum absolute atomic E-state index is 13.0. The van der Waals surface area contributed by atoms with Crippen LogP contribution in [0.15, 0.2) is 141 Å². The van der Waals surface area contributed by atoms with Crippen molar-refractivity contribution in [2.24, 2.45) is 0 Å². The van der Waals surface area contributed by atoms with E-state index >= 15 is 0 Å². The zero-order valence-corrected chi connectivity index (χ0v) is 24.9. The van der Waals surface area contributed by atoms with Crippen molar-refractivity contribution in [3.8, 4) is 0 Å². The number of rotatable bonds is 14. The quantitative estimate of drug-likeness (QED) is 0.141. The lowest BCUT2D eigenvalue weighted by atomic mass is 10.4. The highest BCUT2D eigenvalue weighted by Crippen LogP contribution is 2.25. The summed E-state index contributed by atoms with van der Waals surface area (Å²) in [5.74, 6) is 0. The molecular weight excluding hydrogens is 649 g/mol. The van der Waals surface area contributed by atoms with Crippen molar-refractivity contribution in [2.75, 3.05) is 0 Å². The van der Waals surface area contributed by atoms with E-state index < -0.39 is 73.0 Å². The molecule has 0 aliphatic heterocycles. The predicted molar refractivity (Wildman–Crippen MR) is 148 cm³/mol. The number of hydrogen-bond acceptors (Lipinski definition) is 13. The first kappa shape index (κ1) is 32.4. The van der Waals surface area contributed by atoms with Crippen LogP contribution in [0.5, 0.6) is 0 Å². The van der Waals surface area contributed by atoms with E-state index in [2.05, 4.69) is 0 Å². The molecule has 17 heteroatoms. The molecule has 0 amide bonds. The van der Waals surface area contributed by atoms with E-state index in [1.165, 1.54) is 72.8 Å². The zero-order valence-electron chi connectivity index (χ0n) is 21.6. The van der Waals surface area contributed by atoms with Crippen LogP contribution in [0.25, 0.3) is 0 Å². The molecule has 0 N–H and O–H groups in total. The van der Waals surface area contributed by atoms with E-state index in [9.17, 15) is 33.7 Å². The maximum atomic E-state index is 13.0. The lowest BCUT2D eigenvalue weighted by Crippen LogP contribution is -2.36. The Bertz CT molecular complexity index is 1650. The molecule has 0 atom stereocenters. The molecule has 0 spiro atoms. The van der Waals surface area contributed by atoms with Gasteiger partial charge in [0, 0.05) is 0 Å². The molecular formula is C26H22O13S4. The highest BCUT2D eigenvalue weighted by molar-refractivity contribution is 7.88. The molecule has 228 valence electrons. The van der Waals surface area contributed by atoms with Crippen molar-refractivity contribution in [1.29, 1.82) is 0 Å². The lowest BCUT2D eigenvalue weighted by molar-refractivity contribution is -0.310. The number of ether oxygens (including phenoxy) is 1. The van der Waals surface area contributed by atoms with Gasteiger partial charge < -0.3 is 0 Å². The minimum absolute atomic E-state index is 0.475. The molecule has 43 heavy (non-hydrogen) atoms. The van der Waals surface area contributed by atoms with Gasteiger partial charge in [0.2, 0.25) is 0 Å². The molecule has 0 bridgehead atoms. The summed E-state index contributed by atoms with van der Waals surface area (Å²) in [6.07, 6.45) is 0. The third kappa shape index (κ3) is 8.75. The van der Waals surface area contributed by atoms with Crippen molar-refractivity contribution >= 4 is 40.5 Å². The van der Waals surface area contributed by atoms with Crippen molar-refractivity contribution in [1.82, 2.24) is 0 Å². The van der Waals surface area contributed by atoms with Gasteiger partial charge in [-0.25, -0.2) is 16.7 Å². The SMILES string of the molecule is O=S(=O)(OC(OC(OS(=O)(=O)c1ccccc1)OS(=O)(=O)c1ccccc1)OS(=O)(=O)c1ccccc1)c1ccccc1. The molecule has 4 aromatic carbocycles. The van der Waals surface area contributed by atoms with Crippen molar-refractivity contribution in [3.63, 3.8) is 0 Å². The van der Waals surface area contributed by atoms with Crippen LogP contribution in [0.4, 0.5) is 0 Å². The predicted octanol–water partition coefficient (Wildman–Crippen LogP) is 3.19. The van der Waals surface area contributed by atoms with E-state index in [-0.39, 0.29) is 0 Å². The average molecular weight is 671 g/mol. The molecule has 0 radical (unpaired) electrons. The van der Waals surface area contributed by atoms with Gasteiger partial charge in [0.15, 0.2) is 0 Å². The fraction of sp³-hybridized carbons (Fsp3) is 0.0769. The Hall–Kier alpha value is -3.52. The van der Waals surface area contributed by atoms with Gasteiger partial charge in [-0.05, 0) is 48.5 Å². The Balaban J connectivity index is 1.74. The number of benzene rings is 4. The normalized spacial score (nSPS) is 12.9. The Morgan fingerprint density at radius 3 is 0.698 bits per heavy atom. The third-order valence-electron chi connectivity index (χ3n) is 5.17. The molecule has 0 saturated heterocycles. The Morgan fingerprint density at radius 1 is 0.326 bits per heavy atom. The molecule has 0 aliphatic carbocycles. The van der Waals surface area contributed by atoms with Crippen LogP contribution in [0.3, 0.4) is 0 Å². The standard InChI is InChI=1S/C26H22O13S4/c27-40(28,21-13-5-1-6-14-21)36-25(37-41(29,30)22-15-7-2-8-16-22)35-26(38-42(31,32)23-17-9-3-10-18-23)39-43(33,34)24-19-11-4-12-20-24/h1-20,25-26H. The summed E-state index contributed by atoms with van der Waals surface area (Å²) in [5.41, 5.74) is 0. The molecule has 4 aromatic rings. The molecule has 0 saturated carbocycles. The molecule has 0 fully saturated rings. The van der Waals surface area contributed by atoms with Crippen LogP contribution < -0.4 is 0 Å². The summed E-state index contributed by atoms with van der Waals surface area (Å²) in [5, 5.41) is 0. The highest BCUT2D eigenvalue weighted by Gasteiger charge is 2.37. The first-order chi connectivity index (χ1) is 20.3. The van der Waals surface area contributed by atoms with Crippen molar-refractivity contribution < 1.29 is 55.1 Å². The summed E-state index contributed by atoms with van der Waals surface area (Å²) in [4.78, 5) is -1.90. The van der Waals surface area contributed by atoms with Gasteiger partial charge in [0.1, 0.15) is 0 Å². The monoisotopic (exact) mass is 670 g/mol. The highest BCUT2D eigenvalue weighted by atomic mass is 32.2. The topological polar surface area (TPSA) is 183 Å². The number of hydrogen-bond donors (Lipinski definition) is 0.